The SMILES string of the molecule is CCNc1cc(F)cc2c1[nH]c1ncc(-c3cncc(C#N)c3)c(-n3ccc(N)n3)c12. The van der Waals surface area contributed by atoms with Crippen LogP contribution in [-0.2, 0) is 0 Å². The fourth-order valence-corrected chi connectivity index (χ4v) is 3.80. The Kier molecular flexibility index (Phi) is 4.26. The van der Waals surface area contributed by atoms with E-state index in [9.17, 15) is 9.65 Å². The van der Waals surface area contributed by atoms with Gasteiger partial charge in [0.15, 0.2) is 0 Å². The lowest BCUT2D eigenvalue weighted by Crippen LogP contribution is -2.01. The summed E-state index contributed by atoms with van der Waals surface area (Å²) in [6.07, 6.45) is 6.56. The number of nitrogens with one attached hydrogen (secondary N) is 2. The highest BCUT2D eigenvalue weighted by molar-refractivity contribution is 6.15. The number of aromatic amines is 1. The van der Waals surface area contributed by atoms with Crippen LogP contribution < -0.4 is 11.1 Å². The summed E-state index contributed by atoms with van der Waals surface area (Å²) in [6.45, 7) is 2.59. The molecule has 4 aromatic heterocycles. The molecule has 5 rings (SSSR count). The van der Waals surface area contributed by atoms with E-state index in [0.717, 1.165) is 5.52 Å². The molecule has 1 aromatic carbocycles. The molecular weight excluding hydrogens is 395 g/mol. The molecular formula is C22H17FN8. The minimum absolute atomic E-state index is 0.346. The maximum atomic E-state index is 14.5. The van der Waals surface area contributed by atoms with Gasteiger partial charge in [-0.2, -0.15) is 10.4 Å². The van der Waals surface area contributed by atoms with E-state index in [1.54, 1.807) is 35.4 Å². The number of halogens is 1. The predicted octanol–water partition coefficient (Wildman–Crippen LogP) is 3.99. The molecule has 152 valence electrons. The average molecular weight is 412 g/mol. The van der Waals surface area contributed by atoms with Gasteiger partial charge in [0.1, 0.15) is 23.4 Å². The van der Waals surface area contributed by atoms with Crippen LogP contribution in [0, 0.1) is 17.1 Å². The zero-order chi connectivity index (χ0) is 21.5. The molecule has 0 saturated carbocycles. The van der Waals surface area contributed by atoms with Gasteiger partial charge >= 0.3 is 0 Å². The monoisotopic (exact) mass is 412 g/mol. The topological polar surface area (TPSA) is 121 Å². The highest BCUT2D eigenvalue weighted by Crippen LogP contribution is 2.38. The van der Waals surface area contributed by atoms with E-state index in [2.05, 4.69) is 31.4 Å². The molecule has 0 aliphatic heterocycles. The van der Waals surface area contributed by atoms with E-state index < -0.39 is 0 Å². The largest absolute Gasteiger partial charge is 0.384 e. The van der Waals surface area contributed by atoms with Crippen LogP contribution in [0.2, 0.25) is 0 Å². The minimum atomic E-state index is -0.367. The number of aromatic nitrogens is 5. The number of nitrogen functional groups attached to an aromatic ring is 1. The van der Waals surface area contributed by atoms with E-state index in [4.69, 9.17) is 5.73 Å². The molecule has 4 N–H and O–H groups in total. The van der Waals surface area contributed by atoms with Crippen molar-refractivity contribution in [1.82, 2.24) is 24.7 Å². The molecule has 4 heterocycles. The molecule has 8 nitrogen and oxygen atoms in total. The van der Waals surface area contributed by atoms with Gasteiger partial charge in [-0.3, -0.25) is 4.98 Å². The van der Waals surface area contributed by atoms with E-state index in [-0.39, 0.29) is 5.82 Å². The normalized spacial score (nSPS) is 11.1. The first kappa shape index (κ1) is 18.6. The number of benzene rings is 1. The Labute approximate surface area is 176 Å². The summed E-state index contributed by atoms with van der Waals surface area (Å²) in [4.78, 5) is 12.1. The number of fused-ring (bicyclic) bond motifs is 3. The van der Waals surface area contributed by atoms with Crippen LogP contribution in [-0.4, -0.2) is 31.3 Å². The maximum absolute atomic E-state index is 14.5. The fourth-order valence-electron chi connectivity index (χ4n) is 3.80. The van der Waals surface area contributed by atoms with Gasteiger partial charge in [0, 0.05) is 53.9 Å². The van der Waals surface area contributed by atoms with Gasteiger partial charge in [-0.25, -0.2) is 14.1 Å². The lowest BCUT2D eigenvalue weighted by Gasteiger charge is -2.12. The zero-order valence-electron chi connectivity index (χ0n) is 16.5. The van der Waals surface area contributed by atoms with Crippen LogP contribution in [0.1, 0.15) is 12.5 Å². The van der Waals surface area contributed by atoms with Crippen molar-refractivity contribution in [2.24, 2.45) is 0 Å². The van der Waals surface area contributed by atoms with Gasteiger partial charge in [0.2, 0.25) is 0 Å². The second-order valence-electron chi connectivity index (χ2n) is 7.03. The minimum Gasteiger partial charge on any atom is -0.384 e. The number of hydrogen-bond donors (Lipinski definition) is 3. The van der Waals surface area contributed by atoms with Gasteiger partial charge < -0.3 is 16.0 Å². The molecule has 0 aliphatic carbocycles. The highest BCUT2D eigenvalue weighted by atomic mass is 19.1. The highest BCUT2D eigenvalue weighted by Gasteiger charge is 2.20. The number of nitrogens with zero attached hydrogens (tertiary/aromatic N) is 5. The first-order valence-electron chi connectivity index (χ1n) is 9.64. The third-order valence-electron chi connectivity index (χ3n) is 5.05. The third-order valence-corrected chi connectivity index (χ3v) is 5.05. The Morgan fingerprint density at radius 3 is 2.87 bits per heavy atom. The molecule has 0 saturated heterocycles. The molecule has 0 bridgehead atoms. The van der Waals surface area contributed by atoms with Crippen molar-refractivity contribution in [3.63, 3.8) is 0 Å². The van der Waals surface area contributed by atoms with Gasteiger partial charge in [-0.15, -0.1) is 0 Å². The number of rotatable bonds is 4. The Bertz CT molecular complexity index is 1490. The van der Waals surface area contributed by atoms with E-state index in [0.29, 0.717) is 56.8 Å². The van der Waals surface area contributed by atoms with Gasteiger partial charge in [-0.05, 0) is 25.1 Å². The predicted molar refractivity (Wildman–Crippen MR) is 117 cm³/mol. The summed E-state index contributed by atoms with van der Waals surface area (Å²) in [6, 6.07) is 8.44. The second kappa shape index (κ2) is 7.11. The van der Waals surface area contributed by atoms with Gasteiger partial charge in [0.05, 0.1) is 27.8 Å². The molecule has 0 unspecified atom stereocenters. The Hall–Kier alpha value is -4.45. The smallest absolute Gasteiger partial charge is 0.145 e. The molecule has 0 radical (unpaired) electrons. The molecule has 5 aromatic rings. The molecule has 0 atom stereocenters. The average Bonchev–Trinajstić information content (AvgIpc) is 3.37. The van der Waals surface area contributed by atoms with Crippen LogP contribution in [0.25, 0.3) is 38.8 Å². The number of H-pyrrole nitrogens is 1. The second-order valence-corrected chi connectivity index (χ2v) is 7.03. The summed E-state index contributed by atoms with van der Waals surface area (Å²) in [7, 11) is 0. The van der Waals surface area contributed by atoms with Crippen LogP contribution in [0.15, 0.2) is 49.1 Å². The van der Waals surface area contributed by atoms with Crippen molar-refractivity contribution in [3.8, 4) is 22.9 Å². The number of nitriles is 1. The fraction of sp³-hybridized carbons (Fsp3) is 0.0909. The van der Waals surface area contributed by atoms with Gasteiger partial charge in [-0.1, -0.05) is 0 Å². The molecule has 0 spiro atoms. The van der Waals surface area contributed by atoms with Crippen LogP contribution >= 0.6 is 0 Å². The Morgan fingerprint density at radius 2 is 2.13 bits per heavy atom. The van der Waals surface area contributed by atoms with E-state index >= 15 is 0 Å². The van der Waals surface area contributed by atoms with E-state index in [1.165, 1.54) is 18.3 Å². The molecule has 0 fully saturated rings. The maximum Gasteiger partial charge on any atom is 0.145 e. The lowest BCUT2D eigenvalue weighted by molar-refractivity contribution is 0.630. The summed E-state index contributed by atoms with van der Waals surface area (Å²) in [5.74, 6) is -0.0204. The van der Waals surface area contributed by atoms with Crippen molar-refractivity contribution < 1.29 is 4.39 Å². The Balaban J connectivity index is 1.93. The quantitative estimate of drug-likeness (QED) is 0.410. The van der Waals surface area contributed by atoms with Crippen molar-refractivity contribution in [1.29, 1.82) is 5.26 Å². The van der Waals surface area contributed by atoms with Crippen molar-refractivity contribution in [2.75, 3.05) is 17.6 Å². The molecule has 31 heavy (non-hydrogen) atoms. The number of nitrogens with two attached hydrogens (primary N) is 1. The standard InChI is InChI=1S/C22H17FN8/c1-2-27-17-7-14(23)6-15-19-21(31-4-3-18(25)30-31)16(11-28-22(19)29-20(15)17)13-5-12(8-24)9-26-10-13/h3-7,9-11,27H,2H2,1H3,(H2,25,30)(H,28,29). The third kappa shape index (κ3) is 3.02. The van der Waals surface area contributed by atoms with Crippen LogP contribution in [0.4, 0.5) is 15.9 Å². The number of pyridine rings is 2. The van der Waals surface area contributed by atoms with Crippen molar-refractivity contribution >= 4 is 33.4 Å². The van der Waals surface area contributed by atoms with E-state index in [1.807, 2.05) is 6.92 Å². The van der Waals surface area contributed by atoms with Gasteiger partial charge in [0.25, 0.3) is 0 Å². The van der Waals surface area contributed by atoms with Crippen molar-refractivity contribution in [3.05, 3.63) is 60.4 Å². The summed E-state index contributed by atoms with van der Waals surface area (Å²) in [5.41, 5.74) is 10.3. The lowest BCUT2D eigenvalue weighted by atomic mass is 10.0. The molecule has 0 amide bonds. The summed E-state index contributed by atoms with van der Waals surface area (Å²) in [5, 5.41) is 18.2. The summed E-state index contributed by atoms with van der Waals surface area (Å²) < 4.78 is 16.2. The molecule has 9 heteroatoms. The summed E-state index contributed by atoms with van der Waals surface area (Å²) >= 11 is 0. The Morgan fingerprint density at radius 1 is 1.26 bits per heavy atom. The zero-order valence-corrected chi connectivity index (χ0v) is 16.5. The van der Waals surface area contributed by atoms with Crippen LogP contribution in [0.5, 0.6) is 0 Å². The van der Waals surface area contributed by atoms with Crippen molar-refractivity contribution in [2.45, 2.75) is 6.92 Å². The number of hydrogen-bond acceptors (Lipinski definition) is 6. The van der Waals surface area contributed by atoms with Crippen LogP contribution in [0.3, 0.4) is 0 Å². The first-order valence-corrected chi connectivity index (χ1v) is 9.64. The number of anilines is 2. The first-order chi connectivity index (χ1) is 15.1. The molecule has 0 aliphatic rings.